The van der Waals surface area contributed by atoms with Crippen LogP contribution in [0.4, 0.5) is 5.69 Å². The zero-order chi connectivity index (χ0) is 14.0. The smallest absolute Gasteiger partial charge is 0.270 e. The summed E-state index contributed by atoms with van der Waals surface area (Å²) < 4.78 is 13.0. The number of nitrogens with zero attached hydrogens (tertiary/aromatic N) is 4. The van der Waals surface area contributed by atoms with E-state index in [0.29, 0.717) is 17.3 Å². The number of benzene rings is 1. The third-order valence-corrected chi connectivity index (χ3v) is 3.61. The Kier molecular flexibility index (Phi) is 3.91. The first-order valence-corrected chi connectivity index (χ1v) is 7.06. The van der Waals surface area contributed by atoms with Gasteiger partial charge in [-0.15, -0.1) is 10.2 Å². The fraction of sp³-hybridized carbons (Fsp3) is 0.200. The van der Waals surface area contributed by atoms with Gasteiger partial charge in [0.1, 0.15) is 6.33 Å². The molecule has 1 aromatic heterocycles. The van der Waals surface area contributed by atoms with E-state index < -0.39 is 15.7 Å². The summed E-state index contributed by atoms with van der Waals surface area (Å²) in [5, 5.41) is 18.6. The van der Waals surface area contributed by atoms with E-state index in [1.54, 1.807) is 10.6 Å². The van der Waals surface area contributed by atoms with Crippen LogP contribution in [0, 0.1) is 10.1 Å². The molecule has 0 aliphatic carbocycles. The Balaban J connectivity index is 2.31. The highest BCUT2D eigenvalue weighted by Gasteiger charge is 2.13. The summed E-state index contributed by atoms with van der Waals surface area (Å²) in [6.07, 6.45) is 2.94. The first kappa shape index (κ1) is 13.6. The van der Waals surface area contributed by atoms with Crippen LogP contribution in [0.15, 0.2) is 29.7 Å². The van der Waals surface area contributed by atoms with Gasteiger partial charge in [0.25, 0.3) is 5.69 Å². The maximum Gasteiger partial charge on any atom is 0.270 e. The van der Waals surface area contributed by atoms with Gasteiger partial charge in [0.2, 0.25) is 5.16 Å². The Morgan fingerprint density at radius 3 is 2.84 bits per heavy atom. The summed E-state index contributed by atoms with van der Waals surface area (Å²) in [4.78, 5) is 10.1. The molecule has 0 radical (unpaired) electrons. The van der Waals surface area contributed by atoms with Gasteiger partial charge in [-0.1, -0.05) is 11.6 Å². The Labute approximate surface area is 115 Å². The second-order valence-corrected chi connectivity index (χ2v) is 5.41. The van der Waals surface area contributed by atoms with E-state index in [9.17, 15) is 14.3 Å². The van der Waals surface area contributed by atoms with Crippen LogP contribution in [0.2, 0.25) is 5.02 Å². The maximum absolute atomic E-state index is 11.4. The average Bonchev–Trinajstić information content (AvgIpc) is 2.79. The Hall–Kier alpha value is -1.80. The van der Waals surface area contributed by atoms with E-state index in [1.807, 2.05) is 0 Å². The molecule has 1 atom stereocenters. The standard InChI is InChI=1S/C10H9ClN4O3S/c1-19(18)10-13-12-6-14(10)5-7-2-3-8(15(16)17)4-9(7)11/h2-4,6H,5H2,1H3/t19-/m0/s1. The number of hydrogen-bond acceptors (Lipinski definition) is 5. The molecular weight excluding hydrogens is 292 g/mol. The average molecular weight is 301 g/mol. The van der Waals surface area contributed by atoms with Crippen molar-refractivity contribution in [2.24, 2.45) is 0 Å². The molecule has 7 nitrogen and oxygen atoms in total. The molecule has 0 saturated heterocycles. The van der Waals surface area contributed by atoms with Crippen molar-refractivity contribution >= 4 is 28.1 Å². The molecule has 0 N–H and O–H groups in total. The SMILES string of the molecule is C[S@](=O)c1nncn1Cc1ccc([N+](=O)[O-])cc1Cl. The number of non-ortho nitro benzene ring substituents is 1. The van der Waals surface area contributed by atoms with Crippen molar-refractivity contribution in [3.8, 4) is 0 Å². The van der Waals surface area contributed by atoms with Crippen molar-refractivity contribution in [3.63, 3.8) is 0 Å². The lowest BCUT2D eigenvalue weighted by Crippen LogP contribution is -2.06. The first-order chi connectivity index (χ1) is 8.99. The lowest BCUT2D eigenvalue weighted by molar-refractivity contribution is -0.384. The number of halogens is 1. The van der Waals surface area contributed by atoms with Crippen molar-refractivity contribution < 1.29 is 9.13 Å². The van der Waals surface area contributed by atoms with Gasteiger partial charge < -0.3 is 4.57 Å². The van der Waals surface area contributed by atoms with Gasteiger partial charge in [-0.05, 0) is 11.6 Å². The zero-order valence-corrected chi connectivity index (χ0v) is 11.4. The third kappa shape index (κ3) is 2.96. The van der Waals surface area contributed by atoms with Crippen LogP contribution < -0.4 is 0 Å². The summed E-state index contributed by atoms with van der Waals surface area (Å²) in [6.45, 7) is 0.304. The van der Waals surface area contributed by atoms with Gasteiger partial charge in [-0.2, -0.15) is 0 Å². The molecule has 2 rings (SSSR count). The highest BCUT2D eigenvalue weighted by molar-refractivity contribution is 7.84. The minimum absolute atomic E-state index is 0.0724. The predicted molar refractivity (Wildman–Crippen MR) is 69.6 cm³/mol. The van der Waals surface area contributed by atoms with Crippen molar-refractivity contribution in [3.05, 3.63) is 45.2 Å². The van der Waals surface area contributed by atoms with E-state index in [4.69, 9.17) is 11.6 Å². The molecule has 100 valence electrons. The number of hydrogen-bond donors (Lipinski definition) is 0. The molecule has 0 saturated carbocycles. The normalized spacial score (nSPS) is 12.3. The van der Waals surface area contributed by atoms with Gasteiger partial charge in [0, 0.05) is 18.4 Å². The third-order valence-electron chi connectivity index (χ3n) is 2.43. The molecule has 0 bridgehead atoms. The van der Waals surface area contributed by atoms with E-state index in [1.165, 1.54) is 24.7 Å². The fourth-order valence-electron chi connectivity index (χ4n) is 1.54. The highest BCUT2D eigenvalue weighted by Crippen LogP contribution is 2.23. The van der Waals surface area contributed by atoms with Gasteiger partial charge in [0.15, 0.2) is 0 Å². The summed E-state index contributed by atoms with van der Waals surface area (Å²) in [6, 6.07) is 4.21. The molecule has 0 unspecified atom stereocenters. The van der Waals surface area contributed by atoms with E-state index in [-0.39, 0.29) is 10.7 Å². The van der Waals surface area contributed by atoms with Gasteiger partial charge in [-0.25, -0.2) is 0 Å². The molecule has 19 heavy (non-hydrogen) atoms. The lowest BCUT2D eigenvalue weighted by Gasteiger charge is -2.06. The maximum atomic E-state index is 11.4. The van der Waals surface area contributed by atoms with E-state index in [0.717, 1.165) is 0 Å². The van der Waals surface area contributed by atoms with Crippen LogP contribution in [0.1, 0.15) is 5.56 Å². The van der Waals surface area contributed by atoms with Gasteiger partial charge in [0.05, 0.1) is 27.3 Å². The molecule has 1 heterocycles. The van der Waals surface area contributed by atoms with Crippen molar-refractivity contribution in [2.75, 3.05) is 6.26 Å². The minimum atomic E-state index is -1.26. The van der Waals surface area contributed by atoms with Crippen LogP contribution in [0.3, 0.4) is 0 Å². The van der Waals surface area contributed by atoms with Crippen LogP contribution in [-0.4, -0.2) is 30.2 Å². The Morgan fingerprint density at radius 1 is 1.53 bits per heavy atom. The minimum Gasteiger partial charge on any atom is -0.302 e. The largest absolute Gasteiger partial charge is 0.302 e. The van der Waals surface area contributed by atoms with Crippen LogP contribution >= 0.6 is 11.6 Å². The summed E-state index contributed by atoms with van der Waals surface area (Å²) in [5.41, 5.74) is 0.593. The van der Waals surface area contributed by atoms with Gasteiger partial charge >= 0.3 is 0 Å². The van der Waals surface area contributed by atoms with Crippen molar-refractivity contribution in [1.29, 1.82) is 0 Å². The molecule has 0 spiro atoms. The second-order valence-electron chi connectivity index (χ2n) is 3.73. The lowest BCUT2D eigenvalue weighted by atomic mass is 10.2. The van der Waals surface area contributed by atoms with Crippen LogP contribution in [-0.2, 0) is 17.3 Å². The zero-order valence-electron chi connectivity index (χ0n) is 9.82. The molecule has 0 fully saturated rings. The van der Waals surface area contributed by atoms with Crippen molar-refractivity contribution in [2.45, 2.75) is 11.7 Å². The molecule has 9 heteroatoms. The Bertz CT molecular complexity index is 658. The highest BCUT2D eigenvalue weighted by atomic mass is 35.5. The molecule has 0 aliphatic rings. The first-order valence-electron chi connectivity index (χ1n) is 5.13. The van der Waals surface area contributed by atoms with Crippen molar-refractivity contribution in [1.82, 2.24) is 14.8 Å². The number of nitro benzene ring substituents is 1. The summed E-state index contributed by atoms with van der Waals surface area (Å²) >= 11 is 5.99. The number of aromatic nitrogens is 3. The molecule has 0 aliphatic heterocycles. The molecule has 0 amide bonds. The Morgan fingerprint density at radius 2 is 2.26 bits per heavy atom. The summed E-state index contributed by atoms with van der Waals surface area (Å²) in [7, 11) is -1.26. The predicted octanol–water partition coefficient (Wildman–Crippen LogP) is 1.63. The quantitative estimate of drug-likeness (QED) is 0.632. The van der Waals surface area contributed by atoms with Gasteiger partial charge in [-0.3, -0.25) is 14.3 Å². The number of nitro groups is 1. The van der Waals surface area contributed by atoms with Crippen LogP contribution in [0.25, 0.3) is 0 Å². The van der Waals surface area contributed by atoms with E-state index in [2.05, 4.69) is 10.2 Å². The molecular formula is C10H9ClN4O3S. The molecule has 1 aromatic carbocycles. The summed E-state index contributed by atoms with van der Waals surface area (Å²) in [5.74, 6) is 0. The molecule has 2 aromatic rings. The van der Waals surface area contributed by atoms with Crippen LogP contribution in [0.5, 0.6) is 0 Å². The topological polar surface area (TPSA) is 90.9 Å². The second kappa shape index (κ2) is 5.45. The fourth-order valence-corrected chi connectivity index (χ4v) is 2.38. The number of rotatable bonds is 4. The van der Waals surface area contributed by atoms with E-state index >= 15 is 0 Å². The monoisotopic (exact) mass is 300 g/mol.